The van der Waals surface area contributed by atoms with Crippen molar-refractivity contribution in [2.45, 2.75) is 206 Å². The van der Waals surface area contributed by atoms with Gasteiger partial charge in [0.2, 0.25) is 0 Å². The third kappa shape index (κ3) is 40.2. The number of unbranched alkanes of at least 4 members (excludes halogenated alkanes) is 24. The first kappa shape index (κ1) is 51.8. The molecule has 0 saturated heterocycles. The van der Waals surface area contributed by atoms with Gasteiger partial charge in [-0.25, -0.2) is 4.57 Å². The molecule has 0 aromatic heterocycles. The van der Waals surface area contributed by atoms with Gasteiger partial charge in [0.25, 0.3) is 0 Å². The first-order valence-corrected chi connectivity index (χ1v) is 23.4. The van der Waals surface area contributed by atoms with Crippen LogP contribution in [-0.2, 0) is 32.7 Å². The lowest BCUT2D eigenvalue weighted by Gasteiger charge is -2.24. The molecule has 1 N–H and O–H groups in total. The van der Waals surface area contributed by atoms with Crippen molar-refractivity contribution in [3.63, 3.8) is 0 Å². The summed E-state index contributed by atoms with van der Waals surface area (Å²) in [4.78, 5) is 35.3. The lowest BCUT2D eigenvalue weighted by Crippen LogP contribution is -2.37. The van der Waals surface area contributed by atoms with Crippen LogP contribution < -0.4 is 0 Å². The number of ether oxygens (including phenoxy) is 2. The molecule has 0 spiro atoms. The van der Waals surface area contributed by atoms with Crippen LogP contribution in [0.5, 0.6) is 0 Å². The Morgan fingerprint density at radius 1 is 0.566 bits per heavy atom. The van der Waals surface area contributed by atoms with Crippen molar-refractivity contribution in [1.82, 2.24) is 0 Å². The Bertz CT molecular complexity index is 922. The van der Waals surface area contributed by atoms with Crippen LogP contribution >= 0.6 is 7.82 Å². The number of quaternary nitrogens is 1. The van der Waals surface area contributed by atoms with Crippen LogP contribution in [0.2, 0.25) is 0 Å². The zero-order valence-corrected chi connectivity index (χ0v) is 36.2. The van der Waals surface area contributed by atoms with Crippen molar-refractivity contribution in [3.05, 3.63) is 12.2 Å². The molecule has 0 aromatic rings. The van der Waals surface area contributed by atoms with Crippen LogP contribution in [0, 0.1) is 0 Å². The number of carbonyl (C=O) groups is 2. The van der Waals surface area contributed by atoms with Crippen molar-refractivity contribution >= 4 is 19.8 Å². The second-order valence-electron chi connectivity index (χ2n) is 16.1. The third-order valence-electron chi connectivity index (χ3n) is 9.55. The van der Waals surface area contributed by atoms with E-state index in [2.05, 4.69) is 26.0 Å². The van der Waals surface area contributed by atoms with Crippen LogP contribution in [-0.4, -0.2) is 74.9 Å². The number of hydrogen-bond donors (Lipinski definition) is 1. The second-order valence-corrected chi connectivity index (χ2v) is 17.5. The minimum atomic E-state index is -4.37. The van der Waals surface area contributed by atoms with E-state index >= 15 is 0 Å². The summed E-state index contributed by atoms with van der Waals surface area (Å²) in [6.45, 7) is 4.41. The monoisotopic (exact) mass is 775 g/mol. The topological polar surface area (TPSA) is 108 Å². The maximum absolute atomic E-state index is 12.6. The van der Waals surface area contributed by atoms with Crippen LogP contribution in [0.25, 0.3) is 0 Å². The van der Waals surface area contributed by atoms with Gasteiger partial charge in [0, 0.05) is 12.8 Å². The van der Waals surface area contributed by atoms with Crippen LogP contribution in [0.1, 0.15) is 200 Å². The van der Waals surface area contributed by atoms with E-state index in [1.54, 1.807) is 0 Å². The van der Waals surface area contributed by atoms with E-state index in [1.165, 1.54) is 116 Å². The number of carbonyl (C=O) groups excluding carboxylic acids is 2. The minimum Gasteiger partial charge on any atom is -0.462 e. The van der Waals surface area contributed by atoms with Gasteiger partial charge in [-0.2, -0.15) is 0 Å². The molecule has 0 rings (SSSR count). The normalized spacial score (nSPS) is 13.7. The third-order valence-corrected chi connectivity index (χ3v) is 10.5. The number of likely N-dealkylation sites (N-methyl/N-ethyl adjacent to an activating group) is 1. The molecule has 0 radical (unpaired) electrons. The van der Waals surface area contributed by atoms with Gasteiger partial charge < -0.3 is 18.9 Å². The molecule has 0 fully saturated rings. The average molecular weight is 775 g/mol. The van der Waals surface area contributed by atoms with Gasteiger partial charge in [-0.1, -0.05) is 161 Å². The predicted molar refractivity (Wildman–Crippen MR) is 220 cm³/mol. The average Bonchev–Trinajstić information content (AvgIpc) is 3.10. The van der Waals surface area contributed by atoms with Crippen LogP contribution in [0.3, 0.4) is 0 Å². The molecule has 2 unspecified atom stereocenters. The summed E-state index contributed by atoms with van der Waals surface area (Å²) in [5.41, 5.74) is 0. The number of phosphoric ester groups is 1. The highest BCUT2D eigenvalue weighted by Crippen LogP contribution is 2.43. The Morgan fingerprint density at radius 3 is 1.43 bits per heavy atom. The summed E-state index contributed by atoms with van der Waals surface area (Å²) in [5, 5.41) is 0. The van der Waals surface area contributed by atoms with E-state index in [-0.39, 0.29) is 25.6 Å². The van der Waals surface area contributed by atoms with Crippen molar-refractivity contribution < 1.29 is 42.1 Å². The highest BCUT2D eigenvalue weighted by molar-refractivity contribution is 7.47. The molecule has 0 aliphatic rings. The summed E-state index contributed by atoms with van der Waals surface area (Å²) in [5.74, 6) is -0.800. The number of hydrogen-bond acceptors (Lipinski definition) is 7. The first-order chi connectivity index (χ1) is 25.5. The zero-order valence-electron chi connectivity index (χ0n) is 35.3. The van der Waals surface area contributed by atoms with E-state index in [4.69, 9.17) is 18.5 Å². The number of rotatable bonds is 40. The summed E-state index contributed by atoms with van der Waals surface area (Å²) in [6.07, 6.45) is 36.8. The molecule has 0 aliphatic heterocycles. The van der Waals surface area contributed by atoms with E-state index in [1.807, 2.05) is 21.1 Å². The quantitative estimate of drug-likeness (QED) is 0.0215. The maximum atomic E-state index is 12.6. The Morgan fingerprint density at radius 2 is 0.962 bits per heavy atom. The molecule has 53 heavy (non-hydrogen) atoms. The molecule has 314 valence electrons. The van der Waals surface area contributed by atoms with E-state index in [0.717, 1.165) is 51.4 Å². The van der Waals surface area contributed by atoms with Gasteiger partial charge >= 0.3 is 19.8 Å². The predicted octanol–water partition coefficient (Wildman–Crippen LogP) is 12.2. The van der Waals surface area contributed by atoms with Crippen molar-refractivity contribution in [3.8, 4) is 0 Å². The molecule has 0 saturated carbocycles. The number of allylic oxidation sites excluding steroid dienone is 2. The molecule has 2 atom stereocenters. The van der Waals surface area contributed by atoms with Crippen molar-refractivity contribution in [2.75, 3.05) is 47.5 Å². The molecule has 0 aliphatic carbocycles. The van der Waals surface area contributed by atoms with Crippen molar-refractivity contribution in [1.29, 1.82) is 0 Å². The number of nitrogens with zero attached hydrogens (tertiary/aromatic N) is 1. The van der Waals surface area contributed by atoms with Gasteiger partial charge in [0.1, 0.15) is 19.8 Å². The maximum Gasteiger partial charge on any atom is 0.472 e. The first-order valence-electron chi connectivity index (χ1n) is 21.9. The zero-order chi connectivity index (χ0) is 39.3. The standard InChI is InChI=1S/C43H84NO8P/c1-6-8-10-12-14-16-18-20-21-22-23-24-26-27-29-31-33-35-42(45)49-39-41(40-51-53(47,48)50-38-37-44(3,4)5)52-43(46)36-34-32-30-28-25-19-17-15-13-11-9-7-2/h15,17,41H,6-14,16,18-40H2,1-5H3/p+1/b17-15-. The van der Waals surface area contributed by atoms with Gasteiger partial charge in [-0.05, 0) is 38.5 Å². The summed E-state index contributed by atoms with van der Waals surface area (Å²) < 4.78 is 34.3. The highest BCUT2D eigenvalue weighted by Gasteiger charge is 2.27. The Hall–Kier alpha value is -1.25. The SMILES string of the molecule is CCCCC/C=C\CCCCCCCC(=O)OC(COC(=O)CCCCCCCCCCCCCCCCCCC)COP(=O)(O)OCC[N+](C)(C)C. The van der Waals surface area contributed by atoms with E-state index < -0.39 is 26.5 Å². The highest BCUT2D eigenvalue weighted by atomic mass is 31.2. The minimum absolute atomic E-state index is 0.0331. The van der Waals surface area contributed by atoms with Crippen LogP contribution in [0.4, 0.5) is 0 Å². The van der Waals surface area contributed by atoms with Gasteiger partial charge in [-0.3, -0.25) is 18.6 Å². The van der Waals surface area contributed by atoms with Gasteiger partial charge in [0.15, 0.2) is 6.10 Å². The van der Waals surface area contributed by atoms with Gasteiger partial charge in [0.05, 0.1) is 27.7 Å². The van der Waals surface area contributed by atoms with Crippen LogP contribution in [0.15, 0.2) is 12.2 Å². The van der Waals surface area contributed by atoms with Gasteiger partial charge in [-0.15, -0.1) is 0 Å². The van der Waals surface area contributed by atoms with E-state index in [9.17, 15) is 19.0 Å². The van der Waals surface area contributed by atoms with Crippen molar-refractivity contribution in [2.24, 2.45) is 0 Å². The smallest absolute Gasteiger partial charge is 0.462 e. The van der Waals surface area contributed by atoms with E-state index in [0.29, 0.717) is 23.9 Å². The molecular weight excluding hydrogens is 689 g/mol. The molecule has 0 aromatic carbocycles. The number of phosphoric acid groups is 1. The fraction of sp³-hybridized carbons (Fsp3) is 0.907. The summed E-state index contributed by atoms with van der Waals surface area (Å²) in [6, 6.07) is 0. The fourth-order valence-corrected chi connectivity index (χ4v) is 6.81. The molecule has 10 heteroatoms. The Balaban J connectivity index is 4.31. The molecule has 0 bridgehead atoms. The Kier molecular flexibility index (Phi) is 35.5. The lowest BCUT2D eigenvalue weighted by atomic mass is 10.0. The largest absolute Gasteiger partial charge is 0.472 e. The molecule has 0 amide bonds. The molecule has 0 heterocycles. The Labute approximate surface area is 326 Å². The second kappa shape index (κ2) is 36.4. The molecular formula is C43H85NO8P+. The molecule has 9 nitrogen and oxygen atoms in total. The lowest BCUT2D eigenvalue weighted by molar-refractivity contribution is -0.870. The number of esters is 2. The summed E-state index contributed by atoms with van der Waals surface area (Å²) >= 11 is 0. The fourth-order valence-electron chi connectivity index (χ4n) is 6.07. The summed E-state index contributed by atoms with van der Waals surface area (Å²) in [7, 11) is 1.48.